The lowest BCUT2D eigenvalue weighted by Gasteiger charge is -2.47. The van der Waals surface area contributed by atoms with Gasteiger partial charge in [-0.2, -0.15) is 0 Å². The first-order chi connectivity index (χ1) is 16.5. The summed E-state index contributed by atoms with van der Waals surface area (Å²) in [7, 11) is -0.319. The maximum absolute atomic E-state index is 12.8. The van der Waals surface area contributed by atoms with Crippen LogP contribution >= 0.6 is 11.6 Å². The van der Waals surface area contributed by atoms with Gasteiger partial charge in [0, 0.05) is 25.0 Å². The number of piperidine rings is 1. The lowest BCUT2D eigenvalue weighted by atomic mass is 9.83. The average Bonchev–Trinajstić information content (AvgIpc) is 2.77. The standard InChI is InChI=1S/C24H38ClN3O6S/c1-24(2,3)34-23(29)26-18-14-20-17-13-22(33-5)21(32-4)12-16(17)8-10-28(20)15-19(18)27-35(30,31)11-7-6-9-25/h12-13,18-20,27H,6-11,14-15H2,1-5H3,(H,26,29). The van der Waals surface area contributed by atoms with Crippen molar-refractivity contribution in [2.24, 2.45) is 0 Å². The van der Waals surface area contributed by atoms with Crippen molar-refractivity contribution in [1.29, 1.82) is 0 Å². The molecule has 3 unspecified atom stereocenters. The number of ether oxygens (including phenoxy) is 3. The fraction of sp³-hybridized carbons (Fsp3) is 0.708. The summed E-state index contributed by atoms with van der Waals surface area (Å²) in [6.45, 7) is 6.63. The second-order valence-corrected chi connectivity index (χ2v) is 12.3. The van der Waals surface area contributed by atoms with Gasteiger partial charge in [0.15, 0.2) is 11.5 Å². The van der Waals surface area contributed by atoms with E-state index in [2.05, 4.69) is 14.9 Å². The molecule has 3 atom stereocenters. The normalized spacial score (nSPS) is 22.6. The minimum atomic E-state index is -3.54. The summed E-state index contributed by atoms with van der Waals surface area (Å²) in [5.41, 5.74) is 1.61. The number of hydrogen-bond acceptors (Lipinski definition) is 7. The van der Waals surface area contributed by atoms with Crippen molar-refractivity contribution in [3.8, 4) is 11.5 Å². The van der Waals surface area contributed by atoms with E-state index in [0.717, 1.165) is 18.5 Å². The predicted octanol–water partition coefficient (Wildman–Crippen LogP) is 3.21. The Kier molecular flexibility index (Phi) is 9.17. The van der Waals surface area contributed by atoms with Crippen LogP contribution in [0.2, 0.25) is 0 Å². The maximum Gasteiger partial charge on any atom is 0.407 e. The first kappa shape index (κ1) is 27.8. The lowest BCUT2D eigenvalue weighted by Crippen LogP contribution is -2.62. The van der Waals surface area contributed by atoms with Gasteiger partial charge in [0.25, 0.3) is 0 Å². The molecule has 0 aliphatic carbocycles. The van der Waals surface area contributed by atoms with E-state index in [-0.39, 0.29) is 11.8 Å². The molecular formula is C24H38ClN3O6S. The number of sulfonamides is 1. The zero-order chi connectivity index (χ0) is 25.8. The van der Waals surface area contributed by atoms with E-state index in [9.17, 15) is 13.2 Å². The van der Waals surface area contributed by atoms with E-state index in [4.69, 9.17) is 25.8 Å². The molecule has 1 amide bonds. The van der Waals surface area contributed by atoms with Crippen molar-refractivity contribution in [3.05, 3.63) is 23.3 Å². The number of carbonyl (C=O) groups is 1. The van der Waals surface area contributed by atoms with Crippen LogP contribution in [0.5, 0.6) is 11.5 Å². The number of benzene rings is 1. The highest BCUT2D eigenvalue weighted by atomic mass is 35.5. The highest BCUT2D eigenvalue weighted by molar-refractivity contribution is 7.89. The Morgan fingerprint density at radius 2 is 1.83 bits per heavy atom. The highest BCUT2D eigenvalue weighted by Gasteiger charge is 2.41. The minimum Gasteiger partial charge on any atom is -0.493 e. The van der Waals surface area contributed by atoms with Gasteiger partial charge in [-0.25, -0.2) is 17.9 Å². The number of amides is 1. The van der Waals surface area contributed by atoms with Crippen molar-refractivity contribution in [1.82, 2.24) is 14.9 Å². The van der Waals surface area contributed by atoms with Crippen LogP contribution < -0.4 is 19.5 Å². The van der Waals surface area contributed by atoms with E-state index < -0.39 is 33.8 Å². The van der Waals surface area contributed by atoms with Crippen LogP contribution in [-0.4, -0.2) is 76.0 Å². The molecule has 35 heavy (non-hydrogen) atoms. The van der Waals surface area contributed by atoms with Crippen LogP contribution in [0, 0.1) is 0 Å². The van der Waals surface area contributed by atoms with Crippen molar-refractivity contribution in [3.63, 3.8) is 0 Å². The quantitative estimate of drug-likeness (QED) is 0.372. The molecule has 0 bridgehead atoms. The molecule has 2 heterocycles. The third-order valence-electron chi connectivity index (χ3n) is 6.34. The third-order valence-corrected chi connectivity index (χ3v) is 8.09. The number of hydrogen-bond donors (Lipinski definition) is 2. The number of unbranched alkanes of at least 4 members (excludes halogenated alkanes) is 1. The summed E-state index contributed by atoms with van der Waals surface area (Å²) in [4.78, 5) is 14.9. The lowest BCUT2D eigenvalue weighted by molar-refractivity contribution is 0.0406. The molecule has 1 fully saturated rings. The average molecular weight is 532 g/mol. The van der Waals surface area contributed by atoms with Crippen LogP contribution in [-0.2, 0) is 21.2 Å². The molecule has 11 heteroatoms. The van der Waals surface area contributed by atoms with Gasteiger partial charge in [0.1, 0.15) is 5.60 Å². The Labute approximate surface area is 213 Å². The van der Waals surface area contributed by atoms with E-state index >= 15 is 0 Å². The first-order valence-corrected chi connectivity index (χ1v) is 14.2. The number of fused-ring (bicyclic) bond motifs is 3. The Hall–Kier alpha value is -1.75. The summed E-state index contributed by atoms with van der Waals surface area (Å²) < 4.78 is 44.9. The van der Waals surface area contributed by atoms with Gasteiger partial charge in [-0.1, -0.05) is 0 Å². The molecule has 2 N–H and O–H groups in total. The SMILES string of the molecule is COc1cc2c(cc1OC)C1CC(NC(=O)OC(C)(C)C)C(NS(=O)(=O)CCCCCl)CN1CC2. The van der Waals surface area contributed by atoms with E-state index in [1.807, 2.05) is 12.1 Å². The second-order valence-electron chi connectivity index (χ2n) is 10.1. The van der Waals surface area contributed by atoms with E-state index in [0.29, 0.717) is 43.2 Å². The number of carbonyl (C=O) groups excluding carboxylic acids is 1. The number of rotatable bonds is 9. The molecule has 3 rings (SSSR count). The predicted molar refractivity (Wildman–Crippen MR) is 136 cm³/mol. The summed E-state index contributed by atoms with van der Waals surface area (Å²) in [6.07, 6.45) is 1.88. The van der Waals surface area contributed by atoms with E-state index in [1.54, 1.807) is 35.0 Å². The Morgan fingerprint density at radius 1 is 1.14 bits per heavy atom. The molecule has 9 nitrogen and oxygen atoms in total. The van der Waals surface area contributed by atoms with E-state index in [1.165, 1.54) is 5.56 Å². The van der Waals surface area contributed by atoms with Crippen LogP contribution in [0.1, 0.15) is 57.2 Å². The van der Waals surface area contributed by atoms with Gasteiger partial charge in [-0.05, 0) is 69.7 Å². The molecule has 0 saturated carbocycles. The molecule has 0 spiro atoms. The smallest absolute Gasteiger partial charge is 0.407 e. The second kappa shape index (κ2) is 11.5. The van der Waals surface area contributed by atoms with Gasteiger partial charge in [-0.3, -0.25) is 4.90 Å². The number of alkyl halides is 1. The van der Waals surface area contributed by atoms with Crippen LogP contribution in [0.4, 0.5) is 4.79 Å². The fourth-order valence-electron chi connectivity index (χ4n) is 4.77. The number of halogens is 1. The highest BCUT2D eigenvalue weighted by Crippen LogP contribution is 2.42. The molecule has 198 valence electrons. The van der Waals surface area contributed by atoms with Crippen molar-refractivity contribution < 1.29 is 27.4 Å². The Bertz CT molecular complexity index is 998. The minimum absolute atomic E-state index is 0.00136. The third kappa shape index (κ3) is 7.38. The van der Waals surface area contributed by atoms with Gasteiger partial charge < -0.3 is 19.5 Å². The number of nitrogens with one attached hydrogen (secondary N) is 2. The Balaban J connectivity index is 1.87. The molecule has 0 radical (unpaired) electrons. The Morgan fingerprint density at radius 3 is 2.46 bits per heavy atom. The summed E-state index contributed by atoms with van der Waals surface area (Å²) in [6, 6.07) is 3.06. The molecule has 1 saturated heterocycles. The number of nitrogens with zero attached hydrogens (tertiary/aromatic N) is 1. The van der Waals surface area contributed by atoms with Gasteiger partial charge in [0.05, 0.1) is 32.1 Å². The molecule has 1 aromatic carbocycles. The van der Waals surface area contributed by atoms with Gasteiger partial charge in [-0.15, -0.1) is 11.6 Å². The monoisotopic (exact) mass is 531 g/mol. The zero-order valence-corrected chi connectivity index (χ0v) is 22.8. The van der Waals surface area contributed by atoms with Crippen LogP contribution in [0.3, 0.4) is 0 Å². The van der Waals surface area contributed by atoms with Gasteiger partial charge in [0.2, 0.25) is 10.0 Å². The topological polar surface area (TPSA) is 106 Å². The molecule has 1 aromatic rings. The summed E-state index contributed by atoms with van der Waals surface area (Å²) >= 11 is 5.71. The molecular weight excluding hydrogens is 494 g/mol. The van der Waals surface area contributed by atoms with Crippen molar-refractivity contribution >= 4 is 27.7 Å². The van der Waals surface area contributed by atoms with Crippen LogP contribution in [0.25, 0.3) is 0 Å². The zero-order valence-electron chi connectivity index (χ0n) is 21.2. The summed E-state index contributed by atoms with van der Waals surface area (Å²) in [5.74, 6) is 1.75. The molecule has 2 aliphatic heterocycles. The van der Waals surface area contributed by atoms with Crippen molar-refractivity contribution in [2.45, 2.75) is 70.2 Å². The van der Waals surface area contributed by atoms with Gasteiger partial charge >= 0.3 is 6.09 Å². The number of methoxy groups -OCH3 is 2. The first-order valence-electron chi connectivity index (χ1n) is 12.0. The maximum atomic E-state index is 12.8. The molecule has 2 aliphatic rings. The largest absolute Gasteiger partial charge is 0.493 e. The summed E-state index contributed by atoms with van der Waals surface area (Å²) in [5, 5.41) is 2.94. The molecule has 0 aromatic heterocycles. The fourth-order valence-corrected chi connectivity index (χ4v) is 6.36. The van der Waals surface area contributed by atoms with Crippen molar-refractivity contribution in [2.75, 3.05) is 38.9 Å². The number of alkyl carbamates (subject to hydrolysis) is 1. The van der Waals surface area contributed by atoms with Crippen LogP contribution in [0.15, 0.2) is 12.1 Å².